The Labute approximate surface area is 429 Å². The molecule has 6 fully saturated rings. The van der Waals surface area contributed by atoms with Gasteiger partial charge in [0.15, 0.2) is 0 Å². The molecule has 8 nitrogen and oxygen atoms in total. The maximum absolute atomic E-state index is 11.6. The van der Waals surface area contributed by atoms with Crippen LogP contribution >= 0.6 is 0 Å². The number of nitrogen functional groups attached to an aromatic ring is 1. The van der Waals surface area contributed by atoms with Crippen LogP contribution in [0.5, 0.6) is 11.5 Å². The van der Waals surface area contributed by atoms with E-state index < -0.39 is 0 Å². The molecule has 0 saturated heterocycles. The van der Waals surface area contributed by atoms with E-state index in [9.17, 15) is 9.59 Å². The van der Waals surface area contributed by atoms with E-state index in [1.54, 1.807) is 0 Å². The van der Waals surface area contributed by atoms with Gasteiger partial charge in [0.1, 0.15) is 24.7 Å². The lowest BCUT2D eigenvalue weighted by atomic mass is 9.54. The summed E-state index contributed by atoms with van der Waals surface area (Å²) in [4.78, 5) is 23.2. The number of esters is 2. The predicted octanol–water partition coefficient (Wildman–Crippen LogP) is 14.8. The van der Waals surface area contributed by atoms with E-state index >= 15 is 0 Å². The van der Waals surface area contributed by atoms with Crippen molar-refractivity contribution in [1.82, 2.24) is 0 Å². The molecular weight excluding hydrogens is 893 g/mol. The standard InChI is InChI=1S/C24H28O3.C23H25NO.C17H23NO2/c1-26-23(25)21-15-24(16-21)13-11-20(12-14-24)19-7-9-22(10-8-19)27-17-18-5-3-2-4-6-18;24-16-19-14-23(15-19)12-10-21(11-13-23)20-6-8-22(9-7-20)25-17-18-4-2-1-3-5-18;1-20-16(19)14-10-17(11-14)8-6-13(7-9-17)12-2-4-15(18)5-3-12/h2-10,20-21H,11-17H2,1H3;1-9,19,21H,10-15,17H2;2-5,13-14H,6-11,18H2,1H3. The third-order valence-electron chi connectivity index (χ3n) is 18.1. The Morgan fingerprint density at radius 3 is 1.12 bits per heavy atom. The van der Waals surface area contributed by atoms with Gasteiger partial charge < -0.3 is 24.7 Å². The van der Waals surface area contributed by atoms with Gasteiger partial charge in [0.2, 0.25) is 0 Å². The first kappa shape index (κ1) is 50.9. The number of carbonyl (C=O) groups is 2. The third kappa shape index (κ3) is 12.6. The molecule has 5 aromatic rings. The molecule has 5 aromatic carbocycles. The van der Waals surface area contributed by atoms with Gasteiger partial charge in [-0.2, -0.15) is 5.26 Å². The molecule has 3 spiro atoms. The molecule has 0 bridgehead atoms. The van der Waals surface area contributed by atoms with Crippen molar-refractivity contribution in [3.8, 4) is 17.6 Å². The summed E-state index contributed by atoms with van der Waals surface area (Å²) in [6, 6.07) is 48.6. The Morgan fingerprint density at radius 1 is 0.486 bits per heavy atom. The molecule has 72 heavy (non-hydrogen) atoms. The second-order valence-corrected chi connectivity index (χ2v) is 22.7. The summed E-state index contributed by atoms with van der Waals surface area (Å²) < 4.78 is 21.5. The van der Waals surface area contributed by atoms with Gasteiger partial charge in [-0.05, 0) is 214 Å². The number of methoxy groups -OCH3 is 2. The Hall–Kier alpha value is -6.07. The van der Waals surface area contributed by atoms with E-state index in [0.717, 1.165) is 55.7 Å². The lowest BCUT2D eigenvalue weighted by Crippen LogP contribution is -2.43. The lowest BCUT2D eigenvalue weighted by Gasteiger charge is -2.50. The highest BCUT2D eigenvalue weighted by Gasteiger charge is 2.50. The summed E-state index contributed by atoms with van der Waals surface area (Å²) in [6.07, 6.45) is 21.4. The van der Waals surface area contributed by atoms with Crippen molar-refractivity contribution in [2.45, 2.75) is 147 Å². The number of nitrogens with zero attached hydrogens (tertiary/aromatic N) is 1. The number of carbonyl (C=O) groups excluding carboxylic acids is 2. The van der Waals surface area contributed by atoms with Crippen LogP contribution in [0.1, 0.15) is 161 Å². The lowest BCUT2D eigenvalue weighted by molar-refractivity contribution is -0.156. The highest BCUT2D eigenvalue weighted by atomic mass is 16.5. The minimum Gasteiger partial charge on any atom is -0.489 e. The molecular formula is C64H76N2O6. The number of nitrogens with two attached hydrogens (primary N) is 1. The maximum atomic E-state index is 11.6. The molecule has 6 aliphatic rings. The second kappa shape index (κ2) is 23.2. The first-order chi connectivity index (χ1) is 35.1. The number of benzene rings is 5. The highest BCUT2D eigenvalue weighted by molar-refractivity contribution is 5.74. The number of hydrogen-bond donors (Lipinski definition) is 1. The normalized spacial score (nSPS) is 29.0. The smallest absolute Gasteiger partial charge is 0.308 e. The fourth-order valence-electron chi connectivity index (χ4n) is 13.6. The first-order valence-electron chi connectivity index (χ1n) is 27.0. The van der Waals surface area contributed by atoms with Crippen LogP contribution in [0.3, 0.4) is 0 Å². The SMILES string of the molecule is COC(=O)C1CC2(CCC(c3ccc(N)cc3)CC2)C1.COC(=O)C1CC2(CCC(c3ccc(OCc4ccccc4)cc3)CC2)C1.N#CC1CC2(CCC(c3ccc(OCc4ccccc4)cc3)CC2)C1. The summed E-state index contributed by atoms with van der Waals surface area (Å²) in [5.41, 5.74) is 14.6. The van der Waals surface area contributed by atoms with Crippen LogP contribution in [0, 0.1) is 45.3 Å². The molecule has 6 saturated carbocycles. The molecule has 0 aliphatic heterocycles. The summed E-state index contributed by atoms with van der Waals surface area (Å²) in [6.45, 7) is 1.22. The number of anilines is 1. The van der Waals surface area contributed by atoms with E-state index in [4.69, 9.17) is 29.9 Å². The average Bonchev–Trinajstić information content (AvgIpc) is 3.41. The van der Waals surface area contributed by atoms with Gasteiger partial charge in [0.05, 0.1) is 32.1 Å². The van der Waals surface area contributed by atoms with Crippen LogP contribution in [0.4, 0.5) is 5.69 Å². The van der Waals surface area contributed by atoms with E-state index in [1.165, 1.54) is 119 Å². The Balaban J connectivity index is 0.000000135. The molecule has 11 rings (SSSR count). The van der Waals surface area contributed by atoms with Gasteiger partial charge in [-0.15, -0.1) is 0 Å². The van der Waals surface area contributed by atoms with Gasteiger partial charge in [-0.1, -0.05) is 97.1 Å². The van der Waals surface area contributed by atoms with Crippen LogP contribution in [-0.2, 0) is 32.3 Å². The monoisotopic (exact) mass is 969 g/mol. The van der Waals surface area contributed by atoms with E-state index in [-0.39, 0.29) is 23.8 Å². The summed E-state index contributed by atoms with van der Waals surface area (Å²) in [5.74, 6) is 4.44. The molecule has 0 atom stereocenters. The van der Waals surface area contributed by atoms with Crippen molar-refractivity contribution in [3.63, 3.8) is 0 Å². The Bertz CT molecular complexity index is 2520. The topological polar surface area (TPSA) is 121 Å². The zero-order valence-corrected chi connectivity index (χ0v) is 42.8. The number of rotatable bonds is 11. The van der Waals surface area contributed by atoms with Crippen LogP contribution in [0.15, 0.2) is 133 Å². The van der Waals surface area contributed by atoms with Crippen molar-refractivity contribution in [2.75, 3.05) is 20.0 Å². The fourth-order valence-corrected chi connectivity index (χ4v) is 13.6. The molecule has 2 N–H and O–H groups in total. The average molecular weight is 969 g/mol. The molecule has 8 heteroatoms. The third-order valence-corrected chi connectivity index (χ3v) is 18.1. The highest BCUT2D eigenvalue weighted by Crippen LogP contribution is 2.59. The molecule has 0 heterocycles. The van der Waals surface area contributed by atoms with Gasteiger partial charge in [0, 0.05) is 11.6 Å². The molecule has 378 valence electrons. The molecule has 6 aliphatic carbocycles. The van der Waals surface area contributed by atoms with Gasteiger partial charge in [0.25, 0.3) is 0 Å². The van der Waals surface area contributed by atoms with Crippen molar-refractivity contribution in [1.29, 1.82) is 5.26 Å². The summed E-state index contributed by atoms with van der Waals surface area (Å²) in [7, 11) is 2.99. The zero-order chi connectivity index (χ0) is 50.0. The van der Waals surface area contributed by atoms with Crippen LogP contribution < -0.4 is 15.2 Å². The number of nitriles is 1. The Morgan fingerprint density at radius 2 is 0.806 bits per heavy atom. The minimum atomic E-state index is -0.0196. The van der Waals surface area contributed by atoms with Crippen LogP contribution in [-0.4, -0.2) is 26.2 Å². The largest absolute Gasteiger partial charge is 0.489 e. The van der Waals surface area contributed by atoms with E-state index in [0.29, 0.717) is 53.1 Å². The molecule has 0 radical (unpaired) electrons. The van der Waals surface area contributed by atoms with Gasteiger partial charge in [-0.3, -0.25) is 9.59 Å². The predicted molar refractivity (Wildman–Crippen MR) is 284 cm³/mol. The van der Waals surface area contributed by atoms with Crippen molar-refractivity contribution in [2.24, 2.45) is 34.0 Å². The van der Waals surface area contributed by atoms with Crippen LogP contribution in [0.2, 0.25) is 0 Å². The van der Waals surface area contributed by atoms with E-state index in [1.807, 2.05) is 48.5 Å². The van der Waals surface area contributed by atoms with Crippen molar-refractivity contribution in [3.05, 3.63) is 161 Å². The van der Waals surface area contributed by atoms with E-state index in [2.05, 4.69) is 91.0 Å². The van der Waals surface area contributed by atoms with Gasteiger partial charge in [-0.25, -0.2) is 0 Å². The number of hydrogen-bond acceptors (Lipinski definition) is 8. The van der Waals surface area contributed by atoms with Crippen LogP contribution in [0.25, 0.3) is 0 Å². The first-order valence-corrected chi connectivity index (χ1v) is 27.0. The molecule has 0 aromatic heterocycles. The zero-order valence-electron chi connectivity index (χ0n) is 42.8. The quantitative estimate of drug-likeness (QED) is 0.103. The summed E-state index contributed by atoms with van der Waals surface area (Å²) >= 11 is 0. The molecule has 0 amide bonds. The second-order valence-electron chi connectivity index (χ2n) is 22.7. The Kier molecular flexibility index (Phi) is 16.4. The fraction of sp³-hybridized carbons (Fsp3) is 0.484. The maximum Gasteiger partial charge on any atom is 0.308 e. The summed E-state index contributed by atoms with van der Waals surface area (Å²) in [5, 5.41) is 9.01. The van der Waals surface area contributed by atoms with Crippen molar-refractivity contribution < 1.29 is 28.5 Å². The minimum absolute atomic E-state index is 0.0173. The number of ether oxygens (including phenoxy) is 4. The van der Waals surface area contributed by atoms with Crippen molar-refractivity contribution >= 4 is 17.6 Å². The molecule has 0 unspecified atom stereocenters. The van der Waals surface area contributed by atoms with Gasteiger partial charge >= 0.3 is 11.9 Å².